The highest BCUT2D eigenvalue weighted by atomic mass is 16.5. The summed E-state index contributed by atoms with van der Waals surface area (Å²) >= 11 is 0. The molecule has 0 spiro atoms. The van der Waals surface area contributed by atoms with Gasteiger partial charge in [0.1, 0.15) is 24.3 Å². The fraction of sp³-hybridized carbons (Fsp3) is 0.300. The van der Waals surface area contributed by atoms with Crippen LogP contribution in [0.25, 0.3) is 11.0 Å². The minimum absolute atomic E-state index is 0.106. The number of carbonyl (C=O) groups excluding carboxylic acids is 1. The molecule has 0 saturated heterocycles. The van der Waals surface area contributed by atoms with Crippen LogP contribution in [0.4, 0.5) is 0 Å². The Hall–Kier alpha value is -2.66. The van der Waals surface area contributed by atoms with Crippen molar-refractivity contribution in [2.45, 2.75) is 32.9 Å². The molecular weight excluding hydrogens is 316 g/mol. The molecule has 3 rings (SSSR count). The molecule has 130 valence electrons. The SMILES string of the molecule is CCC(=O)c1ccc(OC[C@@H](O)Cn2c(C)nc3ccccc32)cc1. The van der Waals surface area contributed by atoms with E-state index in [1.807, 2.05) is 42.7 Å². The van der Waals surface area contributed by atoms with Gasteiger partial charge in [-0.2, -0.15) is 0 Å². The van der Waals surface area contributed by atoms with E-state index in [1.54, 1.807) is 24.3 Å². The fourth-order valence-electron chi connectivity index (χ4n) is 2.82. The minimum Gasteiger partial charge on any atom is -0.491 e. The molecular formula is C20H22N2O3. The van der Waals surface area contributed by atoms with Crippen LogP contribution in [0.3, 0.4) is 0 Å². The smallest absolute Gasteiger partial charge is 0.162 e. The van der Waals surface area contributed by atoms with Gasteiger partial charge in [-0.3, -0.25) is 4.79 Å². The average molecular weight is 338 g/mol. The lowest BCUT2D eigenvalue weighted by Crippen LogP contribution is -2.24. The Morgan fingerprint density at radius 1 is 1.20 bits per heavy atom. The van der Waals surface area contributed by atoms with E-state index in [0.29, 0.717) is 24.3 Å². The quantitative estimate of drug-likeness (QED) is 0.671. The van der Waals surface area contributed by atoms with Crippen molar-refractivity contribution in [1.29, 1.82) is 0 Å². The molecule has 0 radical (unpaired) electrons. The summed E-state index contributed by atoms with van der Waals surface area (Å²) in [5.74, 6) is 1.61. The van der Waals surface area contributed by atoms with Crippen LogP contribution in [-0.2, 0) is 6.54 Å². The van der Waals surface area contributed by atoms with E-state index in [9.17, 15) is 9.90 Å². The Bertz CT molecular complexity index is 868. The zero-order chi connectivity index (χ0) is 17.8. The molecule has 1 heterocycles. The normalized spacial score (nSPS) is 12.3. The number of hydrogen-bond acceptors (Lipinski definition) is 4. The molecule has 5 nitrogen and oxygen atoms in total. The third-order valence-corrected chi connectivity index (χ3v) is 4.18. The topological polar surface area (TPSA) is 64.3 Å². The van der Waals surface area contributed by atoms with E-state index >= 15 is 0 Å². The Balaban J connectivity index is 1.62. The van der Waals surface area contributed by atoms with Gasteiger partial charge in [-0.25, -0.2) is 4.98 Å². The lowest BCUT2D eigenvalue weighted by molar-refractivity contribution is 0.0927. The molecule has 3 aromatic rings. The minimum atomic E-state index is -0.659. The predicted octanol–water partition coefficient (Wildman–Crippen LogP) is 3.38. The van der Waals surface area contributed by atoms with Gasteiger partial charge in [0, 0.05) is 12.0 Å². The van der Waals surface area contributed by atoms with E-state index in [1.165, 1.54) is 0 Å². The van der Waals surface area contributed by atoms with Crippen LogP contribution in [0, 0.1) is 6.92 Å². The number of ketones is 1. The van der Waals surface area contributed by atoms with Crippen molar-refractivity contribution in [3.8, 4) is 5.75 Å². The van der Waals surface area contributed by atoms with Gasteiger partial charge in [0.15, 0.2) is 5.78 Å². The summed E-state index contributed by atoms with van der Waals surface area (Å²) < 4.78 is 7.63. The number of aliphatic hydroxyl groups is 1. The number of aromatic nitrogens is 2. The van der Waals surface area contributed by atoms with Gasteiger partial charge in [-0.1, -0.05) is 19.1 Å². The van der Waals surface area contributed by atoms with Crippen LogP contribution in [0.1, 0.15) is 29.5 Å². The average Bonchev–Trinajstić information content (AvgIpc) is 2.95. The van der Waals surface area contributed by atoms with E-state index < -0.39 is 6.10 Å². The highest BCUT2D eigenvalue weighted by Gasteiger charge is 2.12. The Kier molecular flexibility index (Phi) is 5.14. The summed E-state index contributed by atoms with van der Waals surface area (Å²) in [6.07, 6.45) is -0.176. The molecule has 5 heteroatoms. The zero-order valence-electron chi connectivity index (χ0n) is 14.5. The summed E-state index contributed by atoms with van der Waals surface area (Å²) in [5, 5.41) is 10.3. The maximum absolute atomic E-state index is 11.6. The van der Waals surface area contributed by atoms with Crippen LogP contribution >= 0.6 is 0 Å². The summed E-state index contributed by atoms with van der Waals surface area (Å²) in [6.45, 7) is 4.35. The van der Waals surface area contributed by atoms with Crippen molar-refractivity contribution >= 4 is 16.8 Å². The zero-order valence-corrected chi connectivity index (χ0v) is 14.5. The molecule has 0 aliphatic rings. The number of rotatable bonds is 7. The number of fused-ring (bicyclic) bond motifs is 1. The summed E-state index contributed by atoms with van der Waals surface area (Å²) in [4.78, 5) is 16.1. The van der Waals surface area contributed by atoms with E-state index in [4.69, 9.17) is 4.74 Å². The predicted molar refractivity (Wildman–Crippen MR) is 97.0 cm³/mol. The number of imidazole rings is 1. The molecule has 0 aliphatic carbocycles. The monoisotopic (exact) mass is 338 g/mol. The van der Waals surface area contributed by atoms with Crippen LogP contribution < -0.4 is 4.74 Å². The number of benzene rings is 2. The Morgan fingerprint density at radius 3 is 2.64 bits per heavy atom. The highest BCUT2D eigenvalue weighted by molar-refractivity contribution is 5.95. The number of aryl methyl sites for hydroxylation is 1. The third kappa shape index (κ3) is 3.88. The first kappa shape index (κ1) is 17.2. The number of aliphatic hydroxyl groups excluding tert-OH is 1. The van der Waals surface area contributed by atoms with Crippen LogP contribution in [0.5, 0.6) is 5.75 Å². The first-order chi connectivity index (χ1) is 12.1. The second-order valence-corrected chi connectivity index (χ2v) is 6.02. The number of Topliss-reactive ketones (excluding diaryl/α,β-unsaturated/α-hetero) is 1. The molecule has 0 amide bonds. The van der Waals surface area contributed by atoms with Gasteiger partial charge in [0.2, 0.25) is 0 Å². The van der Waals surface area contributed by atoms with Crippen molar-refractivity contribution < 1.29 is 14.6 Å². The molecule has 1 N–H and O–H groups in total. The maximum atomic E-state index is 11.6. The van der Waals surface area contributed by atoms with Crippen molar-refractivity contribution in [2.24, 2.45) is 0 Å². The first-order valence-corrected chi connectivity index (χ1v) is 8.44. The first-order valence-electron chi connectivity index (χ1n) is 8.44. The molecule has 0 fully saturated rings. The number of carbonyl (C=O) groups is 1. The van der Waals surface area contributed by atoms with E-state index in [0.717, 1.165) is 16.9 Å². The lowest BCUT2D eigenvalue weighted by atomic mass is 10.1. The van der Waals surface area contributed by atoms with Gasteiger partial charge in [0.25, 0.3) is 0 Å². The van der Waals surface area contributed by atoms with E-state index in [2.05, 4.69) is 4.98 Å². The van der Waals surface area contributed by atoms with Crippen molar-refractivity contribution in [3.05, 3.63) is 59.9 Å². The molecule has 0 aliphatic heterocycles. The Labute approximate surface area is 146 Å². The number of para-hydroxylation sites is 2. The largest absolute Gasteiger partial charge is 0.491 e. The lowest BCUT2D eigenvalue weighted by Gasteiger charge is -2.15. The van der Waals surface area contributed by atoms with Crippen LogP contribution in [0.15, 0.2) is 48.5 Å². The summed E-state index contributed by atoms with van der Waals surface area (Å²) in [5.41, 5.74) is 2.60. The molecule has 25 heavy (non-hydrogen) atoms. The van der Waals surface area contributed by atoms with Crippen molar-refractivity contribution in [1.82, 2.24) is 9.55 Å². The van der Waals surface area contributed by atoms with Crippen molar-refractivity contribution in [3.63, 3.8) is 0 Å². The molecule has 1 aromatic heterocycles. The van der Waals surface area contributed by atoms with Gasteiger partial charge in [0.05, 0.1) is 17.6 Å². The van der Waals surface area contributed by atoms with Gasteiger partial charge in [-0.15, -0.1) is 0 Å². The van der Waals surface area contributed by atoms with Gasteiger partial charge >= 0.3 is 0 Å². The molecule has 0 unspecified atom stereocenters. The molecule has 0 bridgehead atoms. The summed E-state index contributed by atoms with van der Waals surface area (Å²) in [7, 11) is 0. The van der Waals surface area contributed by atoms with E-state index in [-0.39, 0.29) is 12.4 Å². The molecule has 0 saturated carbocycles. The highest BCUT2D eigenvalue weighted by Crippen LogP contribution is 2.17. The van der Waals surface area contributed by atoms with Crippen molar-refractivity contribution in [2.75, 3.05) is 6.61 Å². The number of nitrogens with zero attached hydrogens (tertiary/aromatic N) is 2. The molecule has 1 atom stereocenters. The fourth-order valence-corrected chi connectivity index (χ4v) is 2.82. The Morgan fingerprint density at radius 2 is 1.92 bits per heavy atom. The second-order valence-electron chi connectivity index (χ2n) is 6.02. The maximum Gasteiger partial charge on any atom is 0.162 e. The standard InChI is InChI=1S/C20H22N2O3/c1-3-20(24)15-8-10-17(11-9-15)25-13-16(23)12-22-14(2)21-18-6-4-5-7-19(18)22/h4-11,16,23H,3,12-13H2,1-2H3/t16-/m0/s1. The number of ether oxygens (including phenoxy) is 1. The molecule has 2 aromatic carbocycles. The third-order valence-electron chi connectivity index (χ3n) is 4.18. The van der Waals surface area contributed by atoms with Gasteiger partial charge < -0.3 is 14.4 Å². The van der Waals surface area contributed by atoms with Gasteiger partial charge in [-0.05, 0) is 43.3 Å². The second kappa shape index (κ2) is 7.49. The van der Waals surface area contributed by atoms with Crippen LogP contribution in [-0.4, -0.2) is 33.2 Å². The summed E-state index contributed by atoms with van der Waals surface area (Å²) in [6, 6.07) is 14.9. The van der Waals surface area contributed by atoms with Crippen LogP contribution in [0.2, 0.25) is 0 Å². The number of hydrogen-bond donors (Lipinski definition) is 1.